The Morgan fingerprint density at radius 3 is 2.88 bits per heavy atom. The van der Waals surface area contributed by atoms with Crippen molar-refractivity contribution in [3.63, 3.8) is 0 Å². The summed E-state index contributed by atoms with van der Waals surface area (Å²) in [6.07, 6.45) is 2.51. The molecule has 130 valence electrons. The van der Waals surface area contributed by atoms with Crippen LogP contribution in [0.1, 0.15) is 18.4 Å². The number of ether oxygens (including phenoxy) is 1. The fourth-order valence-corrected chi connectivity index (χ4v) is 4.21. The van der Waals surface area contributed by atoms with Crippen LogP contribution in [0.2, 0.25) is 0 Å². The number of fused-ring (bicyclic) bond motifs is 1. The Bertz CT molecular complexity index is 598. The molecule has 0 bridgehead atoms. The highest BCUT2D eigenvalue weighted by Crippen LogP contribution is 2.38. The molecule has 1 aromatic carbocycles. The normalized spacial score (nSPS) is 29.9. The van der Waals surface area contributed by atoms with Crippen molar-refractivity contribution in [2.45, 2.75) is 31.9 Å². The SMILES string of the molecule is Cc1cccc(N2CCN(CC(=O)NC3CC4OCCC34)CC2)c1. The molecule has 0 radical (unpaired) electrons. The fraction of sp³-hybridized carbons (Fsp3) is 0.632. The molecule has 3 aliphatic rings. The molecule has 1 amide bonds. The quantitative estimate of drug-likeness (QED) is 0.907. The highest BCUT2D eigenvalue weighted by molar-refractivity contribution is 5.78. The molecule has 2 heterocycles. The van der Waals surface area contributed by atoms with Crippen LogP contribution in [0.5, 0.6) is 0 Å². The molecule has 1 aromatic rings. The number of carbonyl (C=O) groups is 1. The monoisotopic (exact) mass is 329 g/mol. The molecule has 2 aliphatic heterocycles. The van der Waals surface area contributed by atoms with Crippen LogP contribution in [0.4, 0.5) is 5.69 Å². The number of amides is 1. The number of nitrogens with zero attached hydrogens (tertiary/aromatic N) is 2. The van der Waals surface area contributed by atoms with E-state index >= 15 is 0 Å². The second-order valence-electron chi connectivity index (χ2n) is 7.37. The van der Waals surface area contributed by atoms with Gasteiger partial charge in [-0.3, -0.25) is 9.69 Å². The summed E-state index contributed by atoms with van der Waals surface area (Å²) in [5, 5.41) is 3.21. The minimum absolute atomic E-state index is 0.175. The topological polar surface area (TPSA) is 44.8 Å². The van der Waals surface area contributed by atoms with Gasteiger partial charge in [-0.05, 0) is 37.5 Å². The molecule has 24 heavy (non-hydrogen) atoms. The Morgan fingerprint density at radius 2 is 2.12 bits per heavy atom. The molecule has 3 fully saturated rings. The number of rotatable bonds is 4. The molecule has 1 aliphatic carbocycles. The summed E-state index contributed by atoms with van der Waals surface area (Å²) in [6, 6.07) is 9.00. The van der Waals surface area contributed by atoms with Gasteiger partial charge in [0, 0.05) is 50.4 Å². The first-order valence-electron chi connectivity index (χ1n) is 9.14. The summed E-state index contributed by atoms with van der Waals surface area (Å²) in [5.74, 6) is 0.737. The zero-order valence-electron chi connectivity index (χ0n) is 14.4. The van der Waals surface area contributed by atoms with Gasteiger partial charge in [-0.1, -0.05) is 12.1 Å². The summed E-state index contributed by atoms with van der Waals surface area (Å²) < 4.78 is 5.61. The van der Waals surface area contributed by atoms with E-state index in [4.69, 9.17) is 4.74 Å². The maximum Gasteiger partial charge on any atom is 0.234 e. The number of piperazine rings is 1. The highest BCUT2D eigenvalue weighted by Gasteiger charge is 2.45. The number of hydrogen-bond acceptors (Lipinski definition) is 4. The fourth-order valence-electron chi connectivity index (χ4n) is 4.21. The maximum absolute atomic E-state index is 12.3. The van der Waals surface area contributed by atoms with Crippen molar-refractivity contribution in [3.05, 3.63) is 29.8 Å². The van der Waals surface area contributed by atoms with Crippen LogP contribution in [0, 0.1) is 12.8 Å². The van der Waals surface area contributed by atoms with Gasteiger partial charge >= 0.3 is 0 Å². The maximum atomic E-state index is 12.3. The Hall–Kier alpha value is -1.59. The van der Waals surface area contributed by atoms with Crippen LogP contribution in [0.3, 0.4) is 0 Å². The molecule has 5 nitrogen and oxygen atoms in total. The van der Waals surface area contributed by atoms with E-state index in [-0.39, 0.29) is 5.91 Å². The van der Waals surface area contributed by atoms with Crippen LogP contribution in [-0.2, 0) is 9.53 Å². The van der Waals surface area contributed by atoms with Crippen LogP contribution in [-0.4, -0.2) is 62.3 Å². The van der Waals surface area contributed by atoms with Crippen LogP contribution in [0.15, 0.2) is 24.3 Å². The first-order valence-corrected chi connectivity index (χ1v) is 9.14. The van der Waals surface area contributed by atoms with Crippen molar-refractivity contribution < 1.29 is 9.53 Å². The zero-order chi connectivity index (χ0) is 16.5. The molecular weight excluding hydrogens is 302 g/mol. The lowest BCUT2D eigenvalue weighted by molar-refractivity contribution is -0.125. The van der Waals surface area contributed by atoms with E-state index in [1.165, 1.54) is 11.3 Å². The molecule has 3 unspecified atom stereocenters. The second-order valence-corrected chi connectivity index (χ2v) is 7.37. The van der Waals surface area contributed by atoms with E-state index in [0.29, 0.717) is 24.6 Å². The van der Waals surface area contributed by atoms with Crippen LogP contribution >= 0.6 is 0 Å². The van der Waals surface area contributed by atoms with Gasteiger partial charge in [-0.2, -0.15) is 0 Å². The minimum atomic E-state index is 0.175. The average Bonchev–Trinajstić information content (AvgIpc) is 2.94. The van der Waals surface area contributed by atoms with Gasteiger partial charge in [-0.25, -0.2) is 0 Å². The van der Waals surface area contributed by atoms with E-state index in [1.807, 2.05) is 0 Å². The minimum Gasteiger partial charge on any atom is -0.378 e. The third-order valence-corrected chi connectivity index (χ3v) is 5.72. The summed E-state index contributed by atoms with van der Waals surface area (Å²) in [7, 11) is 0. The van der Waals surface area contributed by atoms with Gasteiger partial charge in [0.2, 0.25) is 5.91 Å². The molecule has 1 saturated carbocycles. The molecule has 0 aromatic heterocycles. The van der Waals surface area contributed by atoms with Gasteiger partial charge in [0.15, 0.2) is 0 Å². The summed E-state index contributed by atoms with van der Waals surface area (Å²) >= 11 is 0. The predicted octanol–water partition coefficient (Wildman–Crippen LogP) is 1.41. The van der Waals surface area contributed by atoms with E-state index in [2.05, 4.69) is 46.3 Å². The van der Waals surface area contributed by atoms with Gasteiger partial charge in [0.25, 0.3) is 0 Å². The van der Waals surface area contributed by atoms with Crippen molar-refractivity contribution in [1.29, 1.82) is 0 Å². The van der Waals surface area contributed by atoms with Crippen molar-refractivity contribution in [1.82, 2.24) is 10.2 Å². The number of carbonyl (C=O) groups excluding carboxylic acids is 1. The Labute approximate surface area is 144 Å². The second kappa shape index (κ2) is 6.73. The van der Waals surface area contributed by atoms with Crippen LogP contribution < -0.4 is 10.2 Å². The van der Waals surface area contributed by atoms with Crippen molar-refractivity contribution in [2.24, 2.45) is 5.92 Å². The first-order chi connectivity index (χ1) is 11.7. The lowest BCUT2D eigenvalue weighted by atomic mass is 9.76. The molecule has 3 atom stereocenters. The third kappa shape index (κ3) is 3.28. The summed E-state index contributed by atoms with van der Waals surface area (Å²) in [4.78, 5) is 17.0. The zero-order valence-corrected chi connectivity index (χ0v) is 14.4. The number of hydrogen-bond donors (Lipinski definition) is 1. The molecule has 5 heteroatoms. The van der Waals surface area contributed by atoms with Gasteiger partial charge < -0.3 is 15.0 Å². The predicted molar refractivity (Wildman–Crippen MR) is 94.2 cm³/mol. The molecule has 1 N–H and O–H groups in total. The molecule has 0 spiro atoms. The lowest BCUT2D eigenvalue weighted by Gasteiger charge is -2.40. The number of aryl methyl sites for hydroxylation is 1. The molecular formula is C19H27N3O2. The van der Waals surface area contributed by atoms with Crippen LogP contribution in [0.25, 0.3) is 0 Å². The van der Waals surface area contributed by atoms with Crippen molar-refractivity contribution >= 4 is 11.6 Å². The third-order valence-electron chi connectivity index (χ3n) is 5.72. The largest absolute Gasteiger partial charge is 0.378 e. The highest BCUT2D eigenvalue weighted by atomic mass is 16.5. The number of nitrogens with one attached hydrogen (secondary N) is 1. The van der Waals surface area contributed by atoms with E-state index in [1.54, 1.807) is 0 Å². The number of benzene rings is 1. The first kappa shape index (κ1) is 15.9. The van der Waals surface area contributed by atoms with E-state index in [0.717, 1.165) is 45.6 Å². The Kier molecular flexibility index (Phi) is 4.46. The van der Waals surface area contributed by atoms with Gasteiger partial charge in [0.1, 0.15) is 0 Å². The molecule has 2 saturated heterocycles. The van der Waals surface area contributed by atoms with Gasteiger partial charge in [-0.15, -0.1) is 0 Å². The van der Waals surface area contributed by atoms with Gasteiger partial charge in [0.05, 0.1) is 12.6 Å². The van der Waals surface area contributed by atoms with Crippen molar-refractivity contribution in [2.75, 3.05) is 44.2 Å². The van der Waals surface area contributed by atoms with E-state index < -0.39 is 0 Å². The summed E-state index contributed by atoms with van der Waals surface area (Å²) in [6.45, 7) is 7.38. The van der Waals surface area contributed by atoms with Crippen molar-refractivity contribution in [3.8, 4) is 0 Å². The lowest BCUT2D eigenvalue weighted by Crippen LogP contribution is -2.56. The summed E-state index contributed by atoms with van der Waals surface area (Å²) in [5.41, 5.74) is 2.59. The average molecular weight is 329 g/mol. The van der Waals surface area contributed by atoms with E-state index in [9.17, 15) is 4.79 Å². The Balaban J connectivity index is 1.22. The number of anilines is 1. The molecule has 4 rings (SSSR count). The smallest absolute Gasteiger partial charge is 0.234 e. The Morgan fingerprint density at radius 1 is 1.29 bits per heavy atom. The standard InChI is InChI=1S/C19H27N3O2/c1-14-3-2-4-15(11-14)22-8-6-21(7-9-22)13-19(23)20-17-12-18-16(17)5-10-24-18/h2-4,11,16-18H,5-10,12-13H2,1H3,(H,20,23).